The molecule has 2 rings (SSSR count). The molecule has 0 aliphatic heterocycles. The molecule has 4 N–H and O–H groups in total. The molecule has 6 heteroatoms. The number of benzene rings is 1. The van der Waals surface area contributed by atoms with Crippen molar-refractivity contribution in [3.63, 3.8) is 0 Å². The van der Waals surface area contributed by atoms with Crippen LogP contribution in [0.2, 0.25) is 0 Å². The summed E-state index contributed by atoms with van der Waals surface area (Å²) in [6.07, 6.45) is 9.41. The number of aliphatic hydroxyl groups excluding tert-OH is 1. The Labute approximate surface area is 211 Å². The number of carbonyl (C=O) groups is 1. The van der Waals surface area contributed by atoms with Crippen LogP contribution in [0.25, 0.3) is 0 Å². The van der Waals surface area contributed by atoms with Crippen LogP contribution >= 0.6 is 0 Å². The Balaban J connectivity index is 1.70. The molecule has 0 aliphatic carbocycles. The van der Waals surface area contributed by atoms with Gasteiger partial charge in [-0.2, -0.15) is 0 Å². The fourth-order valence-electron chi connectivity index (χ4n) is 3.76. The number of allylic oxidation sites excluding steroid dienone is 1. The third-order valence-electron chi connectivity index (χ3n) is 6.00. The Bertz CT molecular complexity index is 912. The van der Waals surface area contributed by atoms with E-state index in [0.29, 0.717) is 6.42 Å². The maximum Gasteiger partial charge on any atom is 0.223 e. The lowest BCUT2D eigenvalue weighted by atomic mass is 10.0. The average Bonchev–Trinajstić information content (AvgIpc) is 2.85. The SMILES string of the molecule is C=C(CCCCCNc1ccccn1)Nc1ccc(C[C@H](NC(=O)[C@@H](C)CCCC)C(=C)O)cc1. The first kappa shape index (κ1) is 28.0. The van der Waals surface area contributed by atoms with Crippen molar-refractivity contribution in [2.75, 3.05) is 17.2 Å². The van der Waals surface area contributed by atoms with Crippen molar-refractivity contribution < 1.29 is 9.90 Å². The van der Waals surface area contributed by atoms with E-state index in [2.05, 4.69) is 41.0 Å². The number of anilines is 2. The zero-order valence-electron chi connectivity index (χ0n) is 21.4. The summed E-state index contributed by atoms with van der Waals surface area (Å²) in [5.41, 5.74) is 2.99. The maximum absolute atomic E-state index is 12.4. The van der Waals surface area contributed by atoms with Crippen molar-refractivity contribution in [2.45, 2.75) is 71.3 Å². The zero-order valence-corrected chi connectivity index (χ0v) is 21.4. The molecular weight excluding hydrogens is 436 g/mol. The normalized spacial score (nSPS) is 12.4. The number of pyridine rings is 1. The molecule has 0 aliphatic rings. The Morgan fingerprint density at radius 3 is 2.49 bits per heavy atom. The Kier molecular flexibility index (Phi) is 12.5. The molecule has 0 saturated carbocycles. The van der Waals surface area contributed by atoms with E-state index in [0.717, 1.165) is 74.3 Å². The second-order valence-corrected chi connectivity index (χ2v) is 9.18. The monoisotopic (exact) mass is 478 g/mol. The lowest BCUT2D eigenvalue weighted by molar-refractivity contribution is -0.125. The van der Waals surface area contributed by atoms with E-state index in [9.17, 15) is 9.90 Å². The summed E-state index contributed by atoms with van der Waals surface area (Å²) in [5, 5.41) is 19.6. The maximum atomic E-state index is 12.4. The second kappa shape index (κ2) is 15.6. The minimum Gasteiger partial charge on any atom is -0.511 e. The molecule has 0 unspecified atom stereocenters. The lowest BCUT2D eigenvalue weighted by Crippen LogP contribution is -2.40. The van der Waals surface area contributed by atoms with E-state index < -0.39 is 6.04 Å². The number of aliphatic hydroxyl groups is 1. The van der Waals surface area contributed by atoms with Gasteiger partial charge < -0.3 is 21.1 Å². The molecule has 1 aromatic heterocycles. The van der Waals surface area contributed by atoms with Gasteiger partial charge in [0.25, 0.3) is 0 Å². The molecule has 2 aromatic rings. The number of unbranched alkanes of at least 4 members (excludes halogenated alkanes) is 3. The van der Waals surface area contributed by atoms with Gasteiger partial charge in [-0.15, -0.1) is 0 Å². The summed E-state index contributed by atoms with van der Waals surface area (Å²) in [4.78, 5) is 16.7. The van der Waals surface area contributed by atoms with Crippen molar-refractivity contribution >= 4 is 17.4 Å². The smallest absolute Gasteiger partial charge is 0.223 e. The minimum atomic E-state index is -0.493. The first-order valence-corrected chi connectivity index (χ1v) is 12.8. The number of hydrogen-bond donors (Lipinski definition) is 4. The van der Waals surface area contributed by atoms with Crippen LogP contribution in [0.4, 0.5) is 11.5 Å². The Morgan fingerprint density at radius 2 is 1.83 bits per heavy atom. The van der Waals surface area contributed by atoms with Crippen LogP contribution in [0.3, 0.4) is 0 Å². The van der Waals surface area contributed by atoms with Gasteiger partial charge in [-0.1, -0.05) is 64.5 Å². The standard InChI is InChI=1S/C29H42N4O2/c1-5-6-12-22(2)29(35)33-27(24(4)34)21-25-15-17-26(18-16-25)32-23(3)13-8-7-10-19-30-28-14-9-11-20-31-28/h9,11,14-18,20,22,27,32,34H,3-8,10,12-13,19,21H2,1-2H3,(H,30,31)(H,33,35)/t22-,27-/m0/s1. The molecule has 0 fully saturated rings. The number of nitrogens with one attached hydrogen (secondary N) is 3. The molecule has 1 amide bonds. The van der Waals surface area contributed by atoms with Crippen LogP contribution in [0.5, 0.6) is 0 Å². The third kappa shape index (κ3) is 11.1. The summed E-state index contributed by atoms with van der Waals surface area (Å²) in [7, 11) is 0. The first-order chi connectivity index (χ1) is 16.9. The van der Waals surface area contributed by atoms with Gasteiger partial charge in [0, 0.05) is 30.0 Å². The highest BCUT2D eigenvalue weighted by Gasteiger charge is 2.19. The third-order valence-corrected chi connectivity index (χ3v) is 6.00. The van der Waals surface area contributed by atoms with Crippen molar-refractivity contribution in [2.24, 2.45) is 5.92 Å². The molecule has 2 atom stereocenters. The van der Waals surface area contributed by atoms with Gasteiger partial charge in [0.05, 0.1) is 6.04 Å². The number of rotatable bonds is 17. The molecule has 0 saturated heterocycles. The average molecular weight is 479 g/mol. The van der Waals surface area contributed by atoms with Gasteiger partial charge in [-0.25, -0.2) is 4.98 Å². The van der Waals surface area contributed by atoms with Crippen LogP contribution in [0.15, 0.2) is 73.3 Å². The Hall–Kier alpha value is -3.28. The van der Waals surface area contributed by atoms with E-state index in [1.165, 1.54) is 0 Å². The fourth-order valence-corrected chi connectivity index (χ4v) is 3.76. The van der Waals surface area contributed by atoms with Gasteiger partial charge in [0.2, 0.25) is 5.91 Å². The summed E-state index contributed by atoms with van der Waals surface area (Å²) < 4.78 is 0. The van der Waals surface area contributed by atoms with Gasteiger partial charge in [-0.3, -0.25) is 4.79 Å². The van der Waals surface area contributed by atoms with Gasteiger partial charge in [0.1, 0.15) is 11.6 Å². The number of amides is 1. The van der Waals surface area contributed by atoms with Gasteiger partial charge >= 0.3 is 0 Å². The number of carbonyl (C=O) groups excluding carboxylic acids is 1. The molecule has 35 heavy (non-hydrogen) atoms. The largest absolute Gasteiger partial charge is 0.511 e. The van der Waals surface area contributed by atoms with Crippen molar-refractivity contribution in [3.05, 3.63) is 78.8 Å². The molecule has 1 aromatic carbocycles. The van der Waals surface area contributed by atoms with Crippen molar-refractivity contribution in [3.8, 4) is 0 Å². The second-order valence-electron chi connectivity index (χ2n) is 9.18. The van der Waals surface area contributed by atoms with Crippen molar-refractivity contribution in [1.82, 2.24) is 10.3 Å². The van der Waals surface area contributed by atoms with Gasteiger partial charge in [-0.05, 0) is 61.9 Å². The van der Waals surface area contributed by atoms with Crippen LogP contribution in [-0.2, 0) is 11.2 Å². The molecule has 0 spiro atoms. The summed E-state index contributed by atoms with van der Waals surface area (Å²) in [6.45, 7) is 12.8. The van der Waals surface area contributed by atoms with Crippen LogP contribution in [-0.4, -0.2) is 28.6 Å². The lowest BCUT2D eigenvalue weighted by Gasteiger charge is -2.20. The molecule has 1 heterocycles. The summed E-state index contributed by atoms with van der Waals surface area (Å²) in [6, 6.07) is 13.4. The van der Waals surface area contributed by atoms with Gasteiger partial charge in [0.15, 0.2) is 0 Å². The molecule has 0 bridgehead atoms. The van der Waals surface area contributed by atoms with E-state index in [1.54, 1.807) is 6.20 Å². The molecular formula is C29H42N4O2. The van der Waals surface area contributed by atoms with E-state index >= 15 is 0 Å². The van der Waals surface area contributed by atoms with Crippen LogP contribution < -0.4 is 16.0 Å². The summed E-state index contributed by atoms with van der Waals surface area (Å²) >= 11 is 0. The highest BCUT2D eigenvalue weighted by atomic mass is 16.3. The fraction of sp³-hybridized carbons (Fsp3) is 0.448. The highest BCUT2D eigenvalue weighted by molar-refractivity contribution is 5.78. The molecule has 6 nitrogen and oxygen atoms in total. The van der Waals surface area contributed by atoms with E-state index in [4.69, 9.17) is 0 Å². The predicted octanol–water partition coefficient (Wildman–Crippen LogP) is 6.61. The Morgan fingerprint density at radius 1 is 1.06 bits per heavy atom. The quantitative estimate of drug-likeness (QED) is 0.152. The van der Waals surface area contributed by atoms with E-state index in [-0.39, 0.29) is 17.6 Å². The highest BCUT2D eigenvalue weighted by Crippen LogP contribution is 2.17. The number of nitrogens with zero attached hydrogens (tertiary/aromatic N) is 1. The van der Waals surface area contributed by atoms with Crippen LogP contribution in [0, 0.1) is 5.92 Å². The molecule has 0 radical (unpaired) electrons. The van der Waals surface area contributed by atoms with E-state index in [1.807, 2.05) is 49.4 Å². The van der Waals surface area contributed by atoms with Crippen LogP contribution in [0.1, 0.15) is 64.4 Å². The number of aromatic nitrogens is 1. The molecule has 190 valence electrons. The number of hydrogen-bond acceptors (Lipinski definition) is 5. The predicted molar refractivity (Wildman–Crippen MR) is 146 cm³/mol. The van der Waals surface area contributed by atoms with Crippen molar-refractivity contribution in [1.29, 1.82) is 0 Å². The summed E-state index contributed by atoms with van der Waals surface area (Å²) in [5.74, 6) is 0.777. The minimum absolute atomic E-state index is 0.0214. The first-order valence-electron chi connectivity index (χ1n) is 12.8. The topological polar surface area (TPSA) is 86.3 Å². The zero-order chi connectivity index (χ0) is 25.5.